The van der Waals surface area contributed by atoms with Gasteiger partial charge in [0.2, 0.25) is 0 Å². The Kier molecular flexibility index (Phi) is 3.23. The van der Waals surface area contributed by atoms with Crippen LogP contribution in [-0.2, 0) is 0 Å². The van der Waals surface area contributed by atoms with E-state index >= 15 is 0 Å². The van der Waals surface area contributed by atoms with Crippen LogP contribution in [0.2, 0.25) is 0 Å². The average Bonchev–Trinajstić information content (AvgIpc) is 2.25. The van der Waals surface area contributed by atoms with Gasteiger partial charge in [0, 0.05) is 5.69 Å². The third-order valence-electron chi connectivity index (χ3n) is 2.08. The molecule has 0 saturated carbocycles. The molecule has 2 rings (SSSR count). The van der Waals surface area contributed by atoms with Crippen LogP contribution in [0.15, 0.2) is 35.4 Å². The highest BCUT2D eigenvalue weighted by molar-refractivity contribution is 14.1. The van der Waals surface area contributed by atoms with Gasteiger partial charge in [0.25, 0.3) is 5.56 Å². The second-order valence-corrected chi connectivity index (χ2v) is 4.47. The zero-order chi connectivity index (χ0) is 11.5. The smallest absolute Gasteiger partial charge is 0.266 e. The first-order valence-corrected chi connectivity index (χ1v) is 5.81. The lowest BCUT2D eigenvalue weighted by Gasteiger charge is -2.06. The van der Waals surface area contributed by atoms with Crippen LogP contribution in [-0.4, -0.2) is 9.97 Å². The fraction of sp³-hybridized carbons (Fsp3) is 0.0909. The molecule has 82 valence electrons. The summed E-state index contributed by atoms with van der Waals surface area (Å²) in [6.45, 7) is 2.02. The van der Waals surface area contributed by atoms with Crippen LogP contribution in [0.3, 0.4) is 0 Å². The minimum atomic E-state index is -0.134. The van der Waals surface area contributed by atoms with Gasteiger partial charge in [-0.3, -0.25) is 4.79 Å². The monoisotopic (exact) mass is 327 g/mol. The van der Waals surface area contributed by atoms with Crippen molar-refractivity contribution in [1.82, 2.24) is 9.97 Å². The average molecular weight is 327 g/mol. The van der Waals surface area contributed by atoms with Crippen molar-refractivity contribution >= 4 is 34.1 Å². The molecular formula is C11H10IN3O. The predicted octanol–water partition coefficient (Wildman–Crippen LogP) is 2.43. The molecule has 2 N–H and O–H groups in total. The molecule has 0 aliphatic heterocycles. The molecule has 0 radical (unpaired) electrons. The predicted molar refractivity (Wildman–Crippen MR) is 72.0 cm³/mol. The lowest BCUT2D eigenvalue weighted by molar-refractivity contribution is 1.10. The maximum Gasteiger partial charge on any atom is 0.266 e. The van der Waals surface area contributed by atoms with Crippen LogP contribution >= 0.6 is 22.6 Å². The number of benzene rings is 1. The zero-order valence-electron chi connectivity index (χ0n) is 8.62. The number of H-pyrrole nitrogens is 1. The summed E-state index contributed by atoms with van der Waals surface area (Å²) in [5.74, 6) is 0.579. The van der Waals surface area contributed by atoms with E-state index in [0.717, 1.165) is 11.3 Å². The Labute approximate surface area is 106 Å². The number of hydrogen-bond acceptors (Lipinski definition) is 3. The van der Waals surface area contributed by atoms with Crippen LogP contribution in [0.25, 0.3) is 0 Å². The van der Waals surface area contributed by atoms with Crippen molar-refractivity contribution in [2.75, 3.05) is 5.32 Å². The molecule has 1 heterocycles. The summed E-state index contributed by atoms with van der Waals surface area (Å²) in [5, 5.41) is 3.12. The van der Waals surface area contributed by atoms with Gasteiger partial charge in [-0.05, 0) is 47.2 Å². The second-order valence-electron chi connectivity index (χ2n) is 3.39. The van der Waals surface area contributed by atoms with Crippen molar-refractivity contribution in [2.45, 2.75) is 6.92 Å². The summed E-state index contributed by atoms with van der Waals surface area (Å²) < 4.78 is 0.557. The molecular weight excluding hydrogens is 317 g/mol. The van der Waals surface area contributed by atoms with E-state index in [1.165, 1.54) is 6.33 Å². The highest BCUT2D eigenvalue weighted by Crippen LogP contribution is 2.17. The molecule has 1 aromatic carbocycles. The number of rotatable bonds is 2. The van der Waals surface area contributed by atoms with Crippen molar-refractivity contribution in [2.24, 2.45) is 0 Å². The summed E-state index contributed by atoms with van der Waals surface area (Å²) >= 11 is 1.97. The Balaban J connectivity index is 2.34. The van der Waals surface area contributed by atoms with Crippen molar-refractivity contribution in [3.63, 3.8) is 0 Å². The minimum Gasteiger partial charge on any atom is -0.339 e. The molecule has 0 saturated heterocycles. The van der Waals surface area contributed by atoms with Crippen molar-refractivity contribution in [3.05, 3.63) is 50.1 Å². The van der Waals surface area contributed by atoms with Crippen LogP contribution < -0.4 is 10.9 Å². The number of anilines is 2. The third-order valence-corrected chi connectivity index (χ3v) is 3.08. The van der Waals surface area contributed by atoms with E-state index in [1.807, 2.05) is 53.8 Å². The van der Waals surface area contributed by atoms with E-state index in [-0.39, 0.29) is 5.56 Å². The van der Waals surface area contributed by atoms with Gasteiger partial charge < -0.3 is 10.3 Å². The summed E-state index contributed by atoms with van der Waals surface area (Å²) in [7, 11) is 0. The van der Waals surface area contributed by atoms with Crippen molar-refractivity contribution in [3.8, 4) is 0 Å². The number of aromatic amines is 1. The van der Waals surface area contributed by atoms with Gasteiger partial charge in [0.1, 0.15) is 3.57 Å². The first kappa shape index (κ1) is 11.1. The van der Waals surface area contributed by atoms with E-state index in [4.69, 9.17) is 0 Å². The maximum absolute atomic E-state index is 11.4. The van der Waals surface area contributed by atoms with Gasteiger partial charge in [-0.1, -0.05) is 12.1 Å². The largest absolute Gasteiger partial charge is 0.339 e. The Morgan fingerprint density at radius 3 is 3.00 bits per heavy atom. The maximum atomic E-state index is 11.4. The molecule has 0 bridgehead atoms. The molecule has 0 spiro atoms. The minimum absolute atomic E-state index is 0.134. The number of nitrogens with zero attached hydrogens (tertiary/aromatic N) is 1. The number of hydrogen-bond donors (Lipinski definition) is 2. The molecule has 0 aliphatic carbocycles. The summed E-state index contributed by atoms with van der Waals surface area (Å²) in [6, 6.07) is 7.91. The molecule has 0 unspecified atom stereocenters. The summed E-state index contributed by atoms with van der Waals surface area (Å²) in [5.41, 5.74) is 1.95. The number of aromatic nitrogens is 2. The lowest BCUT2D eigenvalue weighted by atomic mass is 10.2. The fourth-order valence-electron chi connectivity index (χ4n) is 1.33. The normalized spacial score (nSPS) is 10.1. The Hall–Kier alpha value is -1.37. The molecule has 0 amide bonds. The van der Waals surface area contributed by atoms with Crippen molar-refractivity contribution < 1.29 is 0 Å². The van der Waals surface area contributed by atoms with Gasteiger partial charge in [0.15, 0.2) is 5.82 Å². The quantitative estimate of drug-likeness (QED) is 0.833. The highest BCUT2D eigenvalue weighted by Gasteiger charge is 2.04. The number of halogens is 1. The first-order chi connectivity index (χ1) is 7.66. The molecule has 16 heavy (non-hydrogen) atoms. The standard InChI is InChI=1S/C11H10IN3O/c1-7-3-2-4-8(5-7)15-10-9(12)11(16)14-6-13-10/h2-6H,1H3,(H2,13,14,15,16). The molecule has 5 heteroatoms. The van der Waals surface area contributed by atoms with Gasteiger partial charge in [0.05, 0.1) is 6.33 Å². The molecule has 0 atom stereocenters. The molecule has 0 fully saturated rings. The molecule has 0 aliphatic rings. The van der Waals surface area contributed by atoms with E-state index in [9.17, 15) is 4.79 Å². The van der Waals surface area contributed by atoms with Crippen LogP contribution in [0.1, 0.15) is 5.56 Å². The van der Waals surface area contributed by atoms with Gasteiger partial charge in [-0.25, -0.2) is 4.98 Å². The van der Waals surface area contributed by atoms with E-state index in [2.05, 4.69) is 15.3 Å². The Morgan fingerprint density at radius 1 is 1.44 bits per heavy atom. The zero-order valence-corrected chi connectivity index (χ0v) is 10.8. The second kappa shape index (κ2) is 4.65. The topological polar surface area (TPSA) is 57.8 Å². The third kappa shape index (κ3) is 2.41. The fourth-order valence-corrected chi connectivity index (χ4v) is 1.76. The van der Waals surface area contributed by atoms with E-state index < -0.39 is 0 Å². The van der Waals surface area contributed by atoms with E-state index in [0.29, 0.717) is 9.39 Å². The lowest BCUT2D eigenvalue weighted by Crippen LogP contribution is -2.12. The number of aryl methyl sites for hydroxylation is 1. The van der Waals surface area contributed by atoms with Crippen molar-refractivity contribution in [1.29, 1.82) is 0 Å². The molecule has 4 nitrogen and oxygen atoms in total. The van der Waals surface area contributed by atoms with Gasteiger partial charge in [-0.2, -0.15) is 0 Å². The van der Waals surface area contributed by atoms with Gasteiger partial charge in [-0.15, -0.1) is 0 Å². The van der Waals surface area contributed by atoms with Crippen LogP contribution in [0.4, 0.5) is 11.5 Å². The van der Waals surface area contributed by atoms with Crippen LogP contribution in [0.5, 0.6) is 0 Å². The Bertz CT molecular complexity index is 565. The molecule has 2 aromatic rings. The molecule has 1 aromatic heterocycles. The Morgan fingerprint density at radius 2 is 2.25 bits per heavy atom. The summed E-state index contributed by atoms with van der Waals surface area (Å²) in [6.07, 6.45) is 1.39. The highest BCUT2D eigenvalue weighted by atomic mass is 127. The SMILES string of the molecule is Cc1cccc(Nc2nc[nH]c(=O)c2I)c1. The number of nitrogens with one attached hydrogen (secondary N) is 2. The van der Waals surface area contributed by atoms with Gasteiger partial charge >= 0.3 is 0 Å². The van der Waals surface area contributed by atoms with Crippen LogP contribution in [0, 0.1) is 10.5 Å². The first-order valence-electron chi connectivity index (χ1n) is 4.73. The van der Waals surface area contributed by atoms with E-state index in [1.54, 1.807) is 0 Å². The summed E-state index contributed by atoms with van der Waals surface area (Å²) in [4.78, 5) is 18.0.